The molecule has 1 amide bonds. The number of nitro groups is 1. The third kappa shape index (κ3) is 5.36. The van der Waals surface area contributed by atoms with Crippen molar-refractivity contribution in [3.8, 4) is 0 Å². The lowest BCUT2D eigenvalue weighted by Crippen LogP contribution is -2.49. The molecule has 1 aliphatic heterocycles. The van der Waals surface area contributed by atoms with Gasteiger partial charge in [0.25, 0.3) is 5.69 Å². The monoisotopic (exact) mass is 443 g/mol. The fraction of sp³-hybridized carbons (Fsp3) is 0.333. The van der Waals surface area contributed by atoms with E-state index >= 15 is 0 Å². The molecule has 1 fully saturated rings. The molecule has 1 aromatic heterocycles. The maximum Gasteiger partial charge on any atom is 0.417 e. The van der Waals surface area contributed by atoms with Crippen LogP contribution in [0.5, 0.6) is 0 Å². The van der Waals surface area contributed by atoms with E-state index in [-0.39, 0.29) is 28.8 Å². The number of anilines is 2. The molecule has 30 heavy (non-hydrogen) atoms. The molecule has 0 unspecified atom stereocenters. The first-order valence-corrected chi connectivity index (χ1v) is 9.25. The highest BCUT2D eigenvalue weighted by Gasteiger charge is 2.31. The van der Waals surface area contributed by atoms with Crippen LogP contribution in [-0.2, 0) is 11.0 Å². The van der Waals surface area contributed by atoms with Crippen molar-refractivity contribution in [2.45, 2.75) is 6.18 Å². The lowest BCUT2D eigenvalue weighted by molar-refractivity contribution is -0.384. The third-order valence-electron chi connectivity index (χ3n) is 4.58. The van der Waals surface area contributed by atoms with E-state index < -0.39 is 16.7 Å². The summed E-state index contributed by atoms with van der Waals surface area (Å²) in [5.74, 6) is 0.122. The molecule has 1 aliphatic rings. The van der Waals surface area contributed by atoms with Crippen LogP contribution in [0.3, 0.4) is 0 Å². The summed E-state index contributed by atoms with van der Waals surface area (Å²) in [7, 11) is 0. The van der Waals surface area contributed by atoms with Crippen molar-refractivity contribution in [1.82, 2.24) is 9.88 Å². The van der Waals surface area contributed by atoms with Crippen LogP contribution in [-0.4, -0.2) is 53.4 Å². The molecular formula is C18H17ClF3N5O3. The van der Waals surface area contributed by atoms with E-state index in [1.165, 1.54) is 18.2 Å². The van der Waals surface area contributed by atoms with E-state index in [1.807, 2.05) is 9.80 Å². The average molecular weight is 444 g/mol. The van der Waals surface area contributed by atoms with E-state index in [9.17, 15) is 28.1 Å². The average Bonchev–Trinajstić information content (AvgIpc) is 2.69. The van der Waals surface area contributed by atoms with Crippen molar-refractivity contribution in [2.24, 2.45) is 0 Å². The first-order valence-electron chi connectivity index (χ1n) is 8.88. The Morgan fingerprint density at radius 2 is 1.90 bits per heavy atom. The van der Waals surface area contributed by atoms with Gasteiger partial charge in [0.1, 0.15) is 5.82 Å². The first-order chi connectivity index (χ1) is 14.1. The number of nitrogens with zero attached hydrogens (tertiary/aromatic N) is 4. The second-order valence-electron chi connectivity index (χ2n) is 6.64. The maximum atomic E-state index is 12.6. The van der Waals surface area contributed by atoms with Gasteiger partial charge in [0.2, 0.25) is 5.91 Å². The number of non-ortho nitro benzene ring substituents is 1. The number of halogens is 4. The normalized spacial score (nSPS) is 15.1. The molecule has 0 saturated carbocycles. The lowest BCUT2D eigenvalue weighted by atomic mass is 10.2. The Balaban J connectivity index is 1.51. The number of aromatic nitrogens is 1. The highest BCUT2D eigenvalue weighted by molar-refractivity contribution is 6.34. The molecule has 0 aliphatic carbocycles. The van der Waals surface area contributed by atoms with Crippen molar-refractivity contribution in [2.75, 3.05) is 42.9 Å². The minimum Gasteiger partial charge on any atom is -0.354 e. The van der Waals surface area contributed by atoms with Gasteiger partial charge in [-0.3, -0.25) is 19.8 Å². The topological polar surface area (TPSA) is 91.6 Å². The number of hydrogen-bond donors (Lipinski definition) is 1. The van der Waals surface area contributed by atoms with Crippen molar-refractivity contribution in [3.05, 3.63) is 57.2 Å². The third-order valence-corrected chi connectivity index (χ3v) is 4.89. The second kappa shape index (κ2) is 8.84. The number of rotatable bonds is 5. The summed E-state index contributed by atoms with van der Waals surface area (Å²) in [6.45, 7) is 2.13. The summed E-state index contributed by atoms with van der Waals surface area (Å²) in [5.41, 5.74) is -0.697. The molecule has 3 rings (SSSR count). The molecule has 1 saturated heterocycles. The Kier molecular flexibility index (Phi) is 6.42. The van der Waals surface area contributed by atoms with Crippen LogP contribution in [0.1, 0.15) is 5.56 Å². The van der Waals surface area contributed by atoms with Gasteiger partial charge in [0.05, 0.1) is 27.7 Å². The molecule has 0 spiro atoms. The number of carbonyl (C=O) groups excluding carboxylic acids is 1. The summed E-state index contributed by atoms with van der Waals surface area (Å²) in [5, 5.41) is 13.4. The number of piperazine rings is 1. The number of alkyl halides is 3. The number of carbonyl (C=O) groups is 1. The van der Waals surface area contributed by atoms with E-state index in [4.69, 9.17) is 11.6 Å². The van der Waals surface area contributed by atoms with Crippen LogP contribution in [0.25, 0.3) is 0 Å². The fourth-order valence-electron chi connectivity index (χ4n) is 2.99. The molecule has 12 heteroatoms. The quantitative estimate of drug-likeness (QED) is 0.562. The van der Waals surface area contributed by atoms with E-state index in [2.05, 4.69) is 10.3 Å². The number of nitro benzene ring substituents is 1. The van der Waals surface area contributed by atoms with Gasteiger partial charge in [-0.2, -0.15) is 13.2 Å². The highest BCUT2D eigenvalue weighted by atomic mass is 35.5. The van der Waals surface area contributed by atoms with Crippen LogP contribution < -0.4 is 10.2 Å². The van der Waals surface area contributed by atoms with Gasteiger partial charge >= 0.3 is 6.18 Å². The highest BCUT2D eigenvalue weighted by Crippen LogP contribution is 2.29. The molecule has 1 N–H and O–H groups in total. The first kappa shape index (κ1) is 21.8. The summed E-state index contributed by atoms with van der Waals surface area (Å²) < 4.78 is 37.9. The molecule has 2 heterocycles. The molecule has 2 aromatic rings. The Morgan fingerprint density at radius 1 is 1.20 bits per heavy atom. The van der Waals surface area contributed by atoms with Crippen molar-refractivity contribution in [3.63, 3.8) is 0 Å². The summed E-state index contributed by atoms with van der Waals surface area (Å²) in [6.07, 6.45) is -3.62. The van der Waals surface area contributed by atoms with E-state index in [0.717, 1.165) is 18.3 Å². The lowest BCUT2D eigenvalue weighted by Gasteiger charge is -2.35. The largest absolute Gasteiger partial charge is 0.417 e. The van der Waals surface area contributed by atoms with Gasteiger partial charge in [-0.05, 0) is 18.2 Å². The molecule has 160 valence electrons. The van der Waals surface area contributed by atoms with Gasteiger partial charge in [0.15, 0.2) is 0 Å². The van der Waals surface area contributed by atoms with E-state index in [1.54, 1.807) is 0 Å². The zero-order chi connectivity index (χ0) is 21.9. The smallest absolute Gasteiger partial charge is 0.354 e. The number of nitrogens with one attached hydrogen (secondary N) is 1. The minimum atomic E-state index is -4.43. The Labute approximate surface area is 174 Å². The Morgan fingerprint density at radius 3 is 2.43 bits per heavy atom. The molecule has 8 nitrogen and oxygen atoms in total. The molecule has 0 atom stereocenters. The summed E-state index contributed by atoms with van der Waals surface area (Å²) >= 11 is 5.97. The van der Waals surface area contributed by atoms with Crippen LogP contribution in [0, 0.1) is 10.1 Å². The fourth-order valence-corrected chi connectivity index (χ4v) is 3.21. The van der Waals surface area contributed by atoms with Gasteiger partial charge in [-0.25, -0.2) is 4.98 Å². The maximum absolute atomic E-state index is 12.6. The standard InChI is InChI=1S/C18H17ClF3N5O3/c19-14-9-13(27(29)30)2-3-15(14)24-17(28)11-25-5-7-26(8-6-25)16-4-1-12(10-23-16)18(20,21)22/h1-4,9-10H,5-8,11H2,(H,24,28). The van der Waals surface area contributed by atoms with Crippen molar-refractivity contribution in [1.29, 1.82) is 0 Å². The molecule has 0 bridgehead atoms. The SMILES string of the molecule is O=C(CN1CCN(c2ccc(C(F)(F)F)cn2)CC1)Nc1ccc([N+](=O)[O-])cc1Cl. The zero-order valence-corrected chi connectivity index (χ0v) is 16.3. The zero-order valence-electron chi connectivity index (χ0n) is 15.5. The number of benzene rings is 1. The van der Waals surface area contributed by atoms with Gasteiger partial charge in [-0.15, -0.1) is 0 Å². The van der Waals surface area contributed by atoms with Crippen LogP contribution >= 0.6 is 11.6 Å². The Bertz CT molecular complexity index is 932. The predicted octanol–water partition coefficient (Wildman–Crippen LogP) is 3.42. The number of hydrogen-bond acceptors (Lipinski definition) is 6. The van der Waals surface area contributed by atoms with Gasteiger partial charge in [-0.1, -0.05) is 11.6 Å². The predicted molar refractivity (Wildman–Crippen MR) is 105 cm³/mol. The molecule has 0 radical (unpaired) electrons. The molecular weight excluding hydrogens is 427 g/mol. The second-order valence-corrected chi connectivity index (χ2v) is 7.04. The van der Waals surface area contributed by atoms with Crippen LogP contribution in [0.2, 0.25) is 5.02 Å². The van der Waals surface area contributed by atoms with Crippen molar-refractivity contribution < 1.29 is 22.9 Å². The van der Waals surface area contributed by atoms with Gasteiger partial charge in [0, 0.05) is 44.5 Å². The number of pyridine rings is 1. The minimum absolute atomic E-state index is 0.0655. The summed E-state index contributed by atoms with van der Waals surface area (Å²) in [6, 6.07) is 6.11. The van der Waals surface area contributed by atoms with Crippen molar-refractivity contribution >= 4 is 34.7 Å². The molecule has 1 aromatic carbocycles. The van der Waals surface area contributed by atoms with Gasteiger partial charge < -0.3 is 10.2 Å². The number of amides is 1. The van der Waals surface area contributed by atoms with Crippen LogP contribution in [0.4, 0.5) is 30.4 Å². The van der Waals surface area contributed by atoms with Crippen LogP contribution in [0.15, 0.2) is 36.5 Å². The Hall–Kier alpha value is -2.92. The summed E-state index contributed by atoms with van der Waals surface area (Å²) in [4.78, 5) is 30.0. The van der Waals surface area contributed by atoms with E-state index in [0.29, 0.717) is 32.0 Å².